The summed E-state index contributed by atoms with van der Waals surface area (Å²) in [5, 5.41) is 0. The van der Waals surface area contributed by atoms with E-state index < -0.39 is 0 Å². The quantitative estimate of drug-likeness (QED) is 0.911. The summed E-state index contributed by atoms with van der Waals surface area (Å²) < 4.78 is 0. The molecule has 0 aromatic heterocycles. The van der Waals surface area contributed by atoms with E-state index in [0.717, 1.165) is 5.56 Å². The van der Waals surface area contributed by atoms with Crippen molar-refractivity contribution in [3.63, 3.8) is 0 Å². The van der Waals surface area contributed by atoms with Gasteiger partial charge in [0.1, 0.15) is 0 Å². The van der Waals surface area contributed by atoms with Gasteiger partial charge in [0.05, 0.1) is 0 Å². The van der Waals surface area contributed by atoms with Gasteiger partial charge in [-0.3, -0.25) is 4.79 Å². The zero-order valence-electron chi connectivity index (χ0n) is 14.0. The van der Waals surface area contributed by atoms with Crippen LogP contribution in [0.3, 0.4) is 0 Å². The minimum Gasteiger partial charge on any atom is -0.335 e. The maximum Gasteiger partial charge on any atom is 0.320 e. The number of benzene rings is 1. The predicted molar refractivity (Wildman–Crippen MR) is 90.1 cm³/mol. The predicted octanol–water partition coefficient (Wildman–Crippen LogP) is 1.36. The summed E-state index contributed by atoms with van der Waals surface area (Å²) in [4.78, 5) is 30.3. The fraction of sp³-hybridized carbons (Fsp3) is 0.529. The van der Waals surface area contributed by atoms with Crippen molar-refractivity contribution >= 4 is 11.9 Å². The van der Waals surface area contributed by atoms with E-state index >= 15 is 0 Å². The SMILES string of the molecule is CCN(CC)C(=O)N1CCN(C(=O)c2ccc(CN)cc2)CC1. The van der Waals surface area contributed by atoms with E-state index in [1.54, 1.807) is 0 Å². The molecule has 3 amide bonds. The van der Waals surface area contributed by atoms with Gasteiger partial charge in [0.2, 0.25) is 0 Å². The van der Waals surface area contributed by atoms with Crippen LogP contribution in [0.25, 0.3) is 0 Å². The Hall–Kier alpha value is -2.08. The first-order chi connectivity index (χ1) is 11.1. The van der Waals surface area contributed by atoms with Crippen LogP contribution < -0.4 is 5.73 Å². The molecule has 0 atom stereocenters. The molecule has 1 aliphatic heterocycles. The van der Waals surface area contributed by atoms with Gasteiger partial charge in [0, 0.05) is 51.4 Å². The van der Waals surface area contributed by atoms with Gasteiger partial charge in [-0.15, -0.1) is 0 Å². The number of urea groups is 1. The molecular weight excluding hydrogens is 292 g/mol. The molecule has 126 valence electrons. The maximum absolute atomic E-state index is 12.5. The lowest BCUT2D eigenvalue weighted by molar-refractivity contribution is 0.0641. The first-order valence-electron chi connectivity index (χ1n) is 8.22. The van der Waals surface area contributed by atoms with Gasteiger partial charge in [-0.1, -0.05) is 12.1 Å². The first-order valence-corrected chi connectivity index (χ1v) is 8.22. The Morgan fingerprint density at radius 3 is 2.00 bits per heavy atom. The Kier molecular flexibility index (Phi) is 5.98. The number of amides is 3. The number of nitrogens with zero attached hydrogens (tertiary/aromatic N) is 3. The average Bonchev–Trinajstić information content (AvgIpc) is 2.62. The summed E-state index contributed by atoms with van der Waals surface area (Å²) in [6, 6.07) is 7.46. The van der Waals surface area contributed by atoms with Crippen LogP contribution in [-0.4, -0.2) is 65.9 Å². The fourth-order valence-electron chi connectivity index (χ4n) is 2.76. The highest BCUT2D eigenvalue weighted by Gasteiger charge is 2.26. The number of carbonyl (C=O) groups is 2. The van der Waals surface area contributed by atoms with Gasteiger partial charge in [0.25, 0.3) is 5.91 Å². The Morgan fingerprint density at radius 2 is 1.52 bits per heavy atom. The van der Waals surface area contributed by atoms with Gasteiger partial charge in [0.15, 0.2) is 0 Å². The van der Waals surface area contributed by atoms with Gasteiger partial charge in [-0.25, -0.2) is 4.79 Å². The third-order valence-corrected chi connectivity index (χ3v) is 4.31. The zero-order chi connectivity index (χ0) is 16.8. The molecule has 6 nitrogen and oxygen atoms in total. The van der Waals surface area contributed by atoms with E-state index in [1.807, 2.05) is 52.8 Å². The van der Waals surface area contributed by atoms with E-state index in [4.69, 9.17) is 5.73 Å². The number of hydrogen-bond donors (Lipinski definition) is 1. The molecule has 2 N–H and O–H groups in total. The van der Waals surface area contributed by atoms with E-state index in [-0.39, 0.29) is 11.9 Å². The number of hydrogen-bond acceptors (Lipinski definition) is 3. The molecule has 0 unspecified atom stereocenters. The fourth-order valence-corrected chi connectivity index (χ4v) is 2.76. The molecule has 1 aromatic carbocycles. The molecule has 0 radical (unpaired) electrons. The van der Waals surface area contributed by atoms with Crippen molar-refractivity contribution in [3.8, 4) is 0 Å². The Bertz CT molecular complexity index is 532. The number of nitrogens with two attached hydrogens (primary N) is 1. The second-order valence-corrected chi connectivity index (χ2v) is 5.64. The highest BCUT2D eigenvalue weighted by molar-refractivity contribution is 5.94. The molecule has 1 aromatic rings. The van der Waals surface area contributed by atoms with Crippen LogP contribution in [-0.2, 0) is 6.54 Å². The molecule has 23 heavy (non-hydrogen) atoms. The molecule has 1 heterocycles. The summed E-state index contributed by atoms with van der Waals surface area (Å²) in [5.74, 6) is 0.0171. The van der Waals surface area contributed by atoms with Crippen LogP contribution in [0.4, 0.5) is 4.79 Å². The van der Waals surface area contributed by atoms with Crippen molar-refractivity contribution in [1.82, 2.24) is 14.7 Å². The molecule has 2 rings (SSSR count). The topological polar surface area (TPSA) is 69.9 Å². The second-order valence-electron chi connectivity index (χ2n) is 5.64. The third-order valence-electron chi connectivity index (χ3n) is 4.31. The van der Waals surface area contributed by atoms with Crippen LogP contribution in [0.2, 0.25) is 0 Å². The lowest BCUT2D eigenvalue weighted by Crippen LogP contribution is -2.54. The number of rotatable bonds is 4. The molecule has 0 aliphatic carbocycles. The normalized spacial score (nSPS) is 14.7. The van der Waals surface area contributed by atoms with Crippen LogP contribution in [0.5, 0.6) is 0 Å². The lowest BCUT2D eigenvalue weighted by atomic mass is 10.1. The standard InChI is InChI=1S/C17H26N4O2/c1-3-19(4-2)17(23)21-11-9-20(10-12-21)16(22)15-7-5-14(13-18)6-8-15/h5-8H,3-4,9-13,18H2,1-2H3. The monoisotopic (exact) mass is 318 g/mol. The summed E-state index contributed by atoms with van der Waals surface area (Å²) in [6.45, 7) is 8.17. The first kappa shape index (κ1) is 17.3. The van der Waals surface area contributed by atoms with Gasteiger partial charge in [-0.05, 0) is 31.5 Å². The number of piperazine rings is 1. The number of carbonyl (C=O) groups excluding carboxylic acids is 2. The Balaban J connectivity index is 1.93. The Morgan fingerprint density at radius 1 is 1.00 bits per heavy atom. The van der Waals surface area contributed by atoms with Gasteiger partial charge >= 0.3 is 6.03 Å². The van der Waals surface area contributed by atoms with Crippen molar-refractivity contribution in [2.45, 2.75) is 20.4 Å². The summed E-state index contributed by atoms with van der Waals surface area (Å²) in [7, 11) is 0. The molecule has 1 saturated heterocycles. The van der Waals surface area contributed by atoms with Crippen LogP contribution >= 0.6 is 0 Å². The largest absolute Gasteiger partial charge is 0.335 e. The second kappa shape index (κ2) is 7.97. The molecule has 0 saturated carbocycles. The van der Waals surface area contributed by atoms with Crippen LogP contribution in [0.1, 0.15) is 29.8 Å². The van der Waals surface area contributed by atoms with Gasteiger partial charge < -0.3 is 20.4 Å². The van der Waals surface area contributed by atoms with Crippen LogP contribution in [0.15, 0.2) is 24.3 Å². The van der Waals surface area contributed by atoms with Gasteiger partial charge in [-0.2, -0.15) is 0 Å². The smallest absolute Gasteiger partial charge is 0.320 e. The average molecular weight is 318 g/mol. The molecule has 6 heteroatoms. The van der Waals surface area contributed by atoms with E-state index in [9.17, 15) is 9.59 Å². The highest BCUT2D eigenvalue weighted by atomic mass is 16.2. The van der Waals surface area contributed by atoms with Crippen molar-refractivity contribution in [1.29, 1.82) is 0 Å². The molecular formula is C17H26N4O2. The lowest BCUT2D eigenvalue weighted by Gasteiger charge is -2.37. The van der Waals surface area contributed by atoms with Crippen molar-refractivity contribution in [2.24, 2.45) is 5.73 Å². The summed E-state index contributed by atoms with van der Waals surface area (Å²) in [5.41, 5.74) is 7.26. The minimum absolute atomic E-state index is 0.0171. The Labute approximate surface area is 137 Å². The summed E-state index contributed by atoms with van der Waals surface area (Å²) in [6.07, 6.45) is 0. The van der Waals surface area contributed by atoms with Crippen molar-refractivity contribution in [3.05, 3.63) is 35.4 Å². The minimum atomic E-state index is 0.0171. The highest BCUT2D eigenvalue weighted by Crippen LogP contribution is 2.11. The van der Waals surface area contributed by atoms with Crippen LogP contribution in [0, 0.1) is 0 Å². The maximum atomic E-state index is 12.5. The van der Waals surface area contributed by atoms with E-state index in [1.165, 1.54) is 0 Å². The molecule has 0 spiro atoms. The van der Waals surface area contributed by atoms with Crippen molar-refractivity contribution < 1.29 is 9.59 Å². The summed E-state index contributed by atoms with van der Waals surface area (Å²) >= 11 is 0. The van der Waals surface area contributed by atoms with E-state index in [2.05, 4.69) is 0 Å². The zero-order valence-corrected chi connectivity index (χ0v) is 14.0. The third kappa shape index (κ3) is 4.01. The van der Waals surface area contributed by atoms with E-state index in [0.29, 0.717) is 51.4 Å². The molecule has 0 bridgehead atoms. The molecule has 1 aliphatic rings. The van der Waals surface area contributed by atoms with Crippen molar-refractivity contribution in [2.75, 3.05) is 39.3 Å². The molecule has 1 fully saturated rings.